The average molecular weight is 328 g/mol. The van der Waals surface area contributed by atoms with Crippen molar-refractivity contribution in [3.63, 3.8) is 0 Å². The second kappa shape index (κ2) is 7.60. The summed E-state index contributed by atoms with van der Waals surface area (Å²) >= 11 is 0. The Balaban J connectivity index is 3.20. The number of carbonyl (C=O) groups is 1. The van der Waals surface area contributed by atoms with Crippen LogP contribution in [0, 0.1) is 0 Å². The Kier molecular flexibility index (Phi) is 6.37. The van der Waals surface area contributed by atoms with Gasteiger partial charge in [-0.1, -0.05) is 13.8 Å². The Labute approximate surface area is 132 Å². The van der Waals surface area contributed by atoms with Crippen molar-refractivity contribution in [2.24, 2.45) is 0 Å². The highest BCUT2D eigenvalue weighted by Gasteiger charge is 2.20. The molecule has 0 heterocycles. The molecule has 0 fully saturated rings. The van der Waals surface area contributed by atoms with E-state index in [9.17, 15) is 18.3 Å². The zero-order chi connectivity index (χ0) is 16.9. The number of hydrogen-bond donors (Lipinski definition) is 3. The first-order valence-corrected chi connectivity index (χ1v) is 8.85. The zero-order valence-corrected chi connectivity index (χ0v) is 14.2. The minimum absolute atomic E-state index is 0.0418. The SMILES string of the molecule is CC[C@@H](C)Nc1ccc(S(=O)(=O)N[C@@H](C)CC)cc1C(=O)O. The molecule has 0 aliphatic carbocycles. The first-order valence-electron chi connectivity index (χ1n) is 7.37. The molecule has 6 nitrogen and oxygen atoms in total. The van der Waals surface area contributed by atoms with Crippen molar-refractivity contribution in [3.8, 4) is 0 Å². The molecule has 22 heavy (non-hydrogen) atoms. The van der Waals surface area contributed by atoms with Crippen LogP contribution in [-0.4, -0.2) is 31.6 Å². The van der Waals surface area contributed by atoms with Gasteiger partial charge in [-0.05, 0) is 44.9 Å². The van der Waals surface area contributed by atoms with Crippen molar-refractivity contribution in [1.29, 1.82) is 0 Å². The van der Waals surface area contributed by atoms with Crippen molar-refractivity contribution >= 4 is 21.7 Å². The quantitative estimate of drug-likeness (QED) is 0.682. The molecule has 0 spiro atoms. The van der Waals surface area contributed by atoms with Crippen LogP contribution in [0.3, 0.4) is 0 Å². The zero-order valence-electron chi connectivity index (χ0n) is 13.4. The van der Waals surface area contributed by atoms with Crippen LogP contribution in [0.15, 0.2) is 23.1 Å². The predicted octanol–water partition coefficient (Wildman–Crippen LogP) is 2.67. The highest BCUT2D eigenvalue weighted by Crippen LogP contribution is 2.22. The van der Waals surface area contributed by atoms with Gasteiger partial charge in [0.2, 0.25) is 10.0 Å². The van der Waals surface area contributed by atoms with Crippen molar-refractivity contribution in [2.45, 2.75) is 57.5 Å². The van der Waals surface area contributed by atoms with E-state index < -0.39 is 16.0 Å². The van der Waals surface area contributed by atoms with E-state index in [-0.39, 0.29) is 22.5 Å². The number of carboxylic acid groups (broad SMARTS) is 1. The molecule has 3 N–H and O–H groups in total. The Hall–Kier alpha value is -1.60. The summed E-state index contributed by atoms with van der Waals surface area (Å²) in [6.07, 6.45) is 1.48. The first kappa shape index (κ1) is 18.4. The molecule has 7 heteroatoms. The van der Waals surface area contributed by atoms with Crippen LogP contribution < -0.4 is 10.0 Å². The van der Waals surface area contributed by atoms with E-state index >= 15 is 0 Å². The van der Waals surface area contributed by atoms with Crippen molar-refractivity contribution < 1.29 is 18.3 Å². The van der Waals surface area contributed by atoms with E-state index in [1.807, 2.05) is 20.8 Å². The molecule has 2 atom stereocenters. The fourth-order valence-electron chi connectivity index (χ4n) is 1.78. The maximum Gasteiger partial charge on any atom is 0.337 e. The molecule has 0 aliphatic heterocycles. The smallest absolute Gasteiger partial charge is 0.337 e. The lowest BCUT2D eigenvalue weighted by molar-refractivity contribution is 0.0697. The predicted molar refractivity (Wildman–Crippen MR) is 86.9 cm³/mol. The Bertz CT molecular complexity index is 628. The number of rotatable bonds is 8. The Morgan fingerprint density at radius 1 is 1.18 bits per heavy atom. The van der Waals surface area contributed by atoms with Gasteiger partial charge in [0.05, 0.1) is 10.5 Å². The third kappa shape index (κ3) is 4.71. The van der Waals surface area contributed by atoms with E-state index in [1.54, 1.807) is 6.92 Å². The van der Waals surface area contributed by atoms with Crippen LogP contribution in [-0.2, 0) is 10.0 Å². The second-order valence-corrected chi connectivity index (χ2v) is 7.11. The number of nitrogens with one attached hydrogen (secondary N) is 2. The van der Waals surface area contributed by atoms with E-state index in [4.69, 9.17) is 0 Å². The summed E-state index contributed by atoms with van der Waals surface area (Å²) in [6, 6.07) is 4.00. The molecule has 0 saturated heterocycles. The number of carboxylic acids is 1. The summed E-state index contributed by atoms with van der Waals surface area (Å²) in [7, 11) is -3.72. The fraction of sp³-hybridized carbons (Fsp3) is 0.533. The van der Waals surface area contributed by atoms with Gasteiger partial charge in [-0.15, -0.1) is 0 Å². The van der Waals surface area contributed by atoms with Crippen molar-refractivity contribution in [3.05, 3.63) is 23.8 Å². The van der Waals surface area contributed by atoms with Gasteiger partial charge >= 0.3 is 5.97 Å². The van der Waals surface area contributed by atoms with Crippen molar-refractivity contribution in [2.75, 3.05) is 5.32 Å². The summed E-state index contributed by atoms with van der Waals surface area (Å²) in [4.78, 5) is 11.4. The Morgan fingerprint density at radius 3 is 2.27 bits per heavy atom. The topological polar surface area (TPSA) is 95.5 Å². The summed E-state index contributed by atoms with van der Waals surface area (Å²) in [5, 5.41) is 12.4. The van der Waals surface area contributed by atoms with E-state index in [0.717, 1.165) is 6.42 Å². The van der Waals surface area contributed by atoms with Crippen LogP contribution in [0.25, 0.3) is 0 Å². The number of hydrogen-bond acceptors (Lipinski definition) is 4. The highest BCUT2D eigenvalue weighted by atomic mass is 32.2. The lowest BCUT2D eigenvalue weighted by atomic mass is 10.1. The van der Waals surface area contributed by atoms with Crippen LogP contribution in [0.5, 0.6) is 0 Å². The summed E-state index contributed by atoms with van der Waals surface area (Å²) < 4.78 is 27.0. The van der Waals surface area contributed by atoms with Gasteiger partial charge in [0.25, 0.3) is 0 Å². The van der Waals surface area contributed by atoms with Gasteiger partial charge < -0.3 is 10.4 Å². The number of aromatic carboxylic acids is 1. The maximum atomic E-state index is 12.2. The number of anilines is 1. The lowest BCUT2D eigenvalue weighted by Crippen LogP contribution is -2.32. The van der Waals surface area contributed by atoms with E-state index in [1.165, 1.54) is 18.2 Å². The molecule has 0 saturated carbocycles. The van der Waals surface area contributed by atoms with Gasteiger partial charge in [0.1, 0.15) is 0 Å². The van der Waals surface area contributed by atoms with Gasteiger partial charge in [-0.25, -0.2) is 17.9 Å². The highest BCUT2D eigenvalue weighted by molar-refractivity contribution is 7.89. The molecule has 124 valence electrons. The number of benzene rings is 1. The minimum atomic E-state index is -3.72. The molecule has 0 radical (unpaired) electrons. The molecule has 0 aliphatic rings. The van der Waals surface area contributed by atoms with Gasteiger partial charge in [-0.3, -0.25) is 0 Å². The van der Waals surface area contributed by atoms with Crippen molar-refractivity contribution in [1.82, 2.24) is 4.72 Å². The van der Waals surface area contributed by atoms with Crippen LogP contribution in [0.2, 0.25) is 0 Å². The molecule has 1 aromatic rings. The average Bonchev–Trinajstić information content (AvgIpc) is 2.46. The summed E-state index contributed by atoms with van der Waals surface area (Å²) in [5.74, 6) is -1.16. The minimum Gasteiger partial charge on any atom is -0.478 e. The standard InChI is InChI=1S/C15H24N2O4S/c1-5-10(3)16-14-8-7-12(9-13(14)15(18)19)22(20,21)17-11(4)6-2/h7-11,16-17H,5-6H2,1-4H3,(H,18,19)/t10-,11+/m1/s1. The molecular weight excluding hydrogens is 304 g/mol. The number of sulfonamides is 1. The van der Waals surface area contributed by atoms with Crippen LogP contribution in [0.4, 0.5) is 5.69 Å². The molecule has 0 unspecified atom stereocenters. The maximum absolute atomic E-state index is 12.2. The molecule has 1 rings (SSSR count). The summed E-state index contributed by atoms with van der Waals surface area (Å²) in [6.45, 7) is 7.54. The van der Waals surface area contributed by atoms with Crippen LogP contribution >= 0.6 is 0 Å². The second-order valence-electron chi connectivity index (χ2n) is 5.40. The Morgan fingerprint density at radius 2 is 1.77 bits per heavy atom. The van der Waals surface area contributed by atoms with Gasteiger partial charge in [-0.2, -0.15) is 0 Å². The first-order chi connectivity index (χ1) is 10.2. The van der Waals surface area contributed by atoms with Gasteiger partial charge in [0, 0.05) is 17.8 Å². The normalized spacial score (nSPS) is 14.4. The third-order valence-electron chi connectivity index (χ3n) is 3.51. The monoisotopic (exact) mass is 328 g/mol. The van der Waals surface area contributed by atoms with E-state index in [2.05, 4.69) is 10.0 Å². The molecule has 0 amide bonds. The largest absolute Gasteiger partial charge is 0.478 e. The molecule has 0 bridgehead atoms. The third-order valence-corrected chi connectivity index (χ3v) is 5.10. The molecule has 0 aromatic heterocycles. The van der Waals surface area contributed by atoms with Crippen LogP contribution in [0.1, 0.15) is 50.9 Å². The van der Waals surface area contributed by atoms with E-state index in [0.29, 0.717) is 12.1 Å². The van der Waals surface area contributed by atoms with Gasteiger partial charge in [0.15, 0.2) is 0 Å². The lowest BCUT2D eigenvalue weighted by Gasteiger charge is -2.17. The molecule has 1 aromatic carbocycles. The fourth-order valence-corrected chi connectivity index (χ4v) is 3.13. The summed E-state index contributed by atoms with van der Waals surface area (Å²) in [5.41, 5.74) is 0.372. The molecular formula is C15H24N2O4S.